The molecule has 1 aliphatic carbocycles. The number of nitrogens with one attached hydrogen (secondary N) is 2. The van der Waals surface area contributed by atoms with E-state index in [0.717, 1.165) is 43.6 Å². The van der Waals surface area contributed by atoms with Crippen molar-refractivity contribution < 1.29 is 0 Å². The lowest BCUT2D eigenvalue weighted by Crippen LogP contribution is -2.38. The molecule has 1 fully saturated rings. The fourth-order valence-corrected chi connectivity index (χ4v) is 3.19. The third-order valence-corrected chi connectivity index (χ3v) is 4.92. The summed E-state index contributed by atoms with van der Waals surface area (Å²) in [5, 5.41) is 7.93. The lowest BCUT2D eigenvalue weighted by molar-refractivity contribution is 0.670. The Hall–Kier alpha value is -0.370. The minimum absolute atomic E-state index is 0. The van der Waals surface area contributed by atoms with E-state index in [1.165, 1.54) is 35.6 Å². The van der Waals surface area contributed by atoms with E-state index in [4.69, 9.17) is 0 Å². The second-order valence-corrected chi connectivity index (χ2v) is 7.06. The molecule has 1 aromatic rings. The Bertz CT molecular complexity index is 449. The molecular formula is C16H29IN4S. The summed E-state index contributed by atoms with van der Waals surface area (Å²) < 4.78 is 0. The van der Waals surface area contributed by atoms with Gasteiger partial charge in [-0.25, -0.2) is 4.98 Å². The molecule has 22 heavy (non-hydrogen) atoms. The zero-order chi connectivity index (χ0) is 15.1. The number of aryl methyl sites for hydroxylation is 2. The van der Waals surface area contributed by atoms with Crippen LogP contribution in [0.2, 0.25) is 0 Å². The fourth-order valence-electron chi connectivity index (χ4n) is 2.25. The molecule has 0 amide bonds. The molecule has 4 nitrogen and oxygen atoms in total. The number of hydrogen-bond acceptors (Lipinski definition) is 3. The molecule has 0 aromatic carbocycles. The molecule has 0 aliphatic heterocycles. The van der Waals surface area contributed by atoms with E-state index in [1.54, 1.807) is 11.3 Å². The first-order valence-corrected chi connectivity index (χ1v) is 8.95. The molecule has 0 atom stereocenters. The monoisotopic (exact) mass is 436 g/mol. The molecule has 1 aromatic heterocycles. The summed E-state index contributed by atoms with van der Waals surface area (Å²) in [5.74, 6) is 1.95. The van der Waals surface area contributed by atoms with Gasteiger partial charge in [0.15, 0.2) is 5.96 Å². The van der Waals surface area contributed by atoms with Gasteiger partial charge in [0.05, 0.1) is 10.7 Å². The molecule has 1 aliphatic rings. The number of hydrogen-bond donors (Lipinski definition) is 2. The number of halogens is 1. The second-order valence-electron chi connectivity index (χ2n) is 5.77. The van der Waals surface area contributed by atoms with Crippen molar-refractivity contribution in [2.24, 2.45) is 10.9 Å². The van der Waals surface area contributed by atoms with Crippen LogP contribution in [0.25, 0.3) is 0 Å². The molecule has 2 rings (SSSR count). The van der Waals surface area contributed by atoms with Crippen molar-refractivity contribution in [3.8, 4) is 0 Å². The van der Waals surface area contributed by atoms with Gasteiger partial charge in [0.2, 0.25) is 0 Å². The van der Waals surface area contributed by atoms with Crippen LogP contribution in [0.3, 0.4) is 0 Å². The van der Waals surface area contributed by atoms with Crippen molar-refractivity contribution in [1.29, 1.82) is 0 Å². The molecule has 126 valence electrons. The number of rotatable bonds is 8. The van der Waals surface area contributed by atoms with Gasteiger partial charge in [0.1, 0.15) is 0 Å². The Morgan fingerprint density at radius 3 is 2.68 bits per heavy atom. The summed E-state index contributed by atoms with van der Waals surface area (Å²) in [6.45, 7) is 9.05. The molecule has 0 spiro atoms. The molecule has 0 saturated heterocycles. The highest BCUT2D eigenvalue weighted by Gasteiger charge is 2.19. The summed E-state index contributed by atoms with van der Waals surface area (Å²) >= 11 is 1.80. The molecule has 2 N–H and O–H groups in total. The van der Waals surface area contributed by atoms with Crippen molar-refractivity contribution in [1.82, 2.24) is 15.6 Å². The first kappa shape index (κ1) is 19.7. The van der Waals surface area contributed by atoms with Gasteiger partial charge in [-0.2, -0.15) is 0 Å². The summed E-state index contributed by atoms with van der Waals surface area (Å²) in [4.78, 5) is 10.5. The van der Waals surface area contributed by atoms with E-state index in [-0.39, 0.29) is 24.0 Å². The Morgan fingerprint density at radius 1 is 1.32 bits per heavy atom. The van der Waals surface area contributed by atoms with Crippen LogP contribution < -0.4 is 10.6 Å². The van der Waals surface area contributed by atoms with Crippen LogP contribution in [-0.4, -0.2) is 30.6 Å². The van der Waals surface area contributed by atoms with Crippen LogP contribution in [0, 0.1) is 19.8 Å². The fraction of sp³-hybridized carbons (Fsp3) is 0.750. The lowest BCUT2D eigenvalue weighted by atomic mass is 10.2. The number of guanidine groups is 1. The first-order valence-electron chi connectivity index (χ1n) is 8.14. The Morgan fingerprint density at radius 2 is 2.09 bits per heavy atom. The molecule has 6 heteroatoms. The molecule has 1 saturated carbocycles. The maximum atomic E-state index is 4.64. The van der Waals surface area contributed by atoms with Crippen molar-refractivity contribution in [3.63, 3.8) is 0 Å². The van der Waals surface area contributed by atoms with Crippen molar-refractivity contribution in [2.75, 3.05) is 19.6 Å². The smallest absolute Gasteiger partial charge is 0.191 e. The van der Waals surface area contributed by atoms with Crippen LogP contribution in [0.5, 0.6) is 0 Å². The molecule has 0 radical (unpaired) electrons. The van der Waals surface area contributed by atoms with E-state index in [1.807, 2.05) is 0 Å². The zero-order valence-corrected chi connectivity index (χ0v) is 17.1. The van der Waals surface area contributed by atoms with Crippen molar-refractivity contribution in [2.45, 2.75) is 52.9 Å². The number of aliphatic imine (C=N–C) groups is 1. The molecule has 0 unspecified atom stereocenters. The van der Waals surface area contributed by atoms with Crippen LogP contribution >= 0.6 is 35.3 Å². The third-order valence-electron chi connectivity index (χ3n) is 3.79. The van der Waals surface area contributed by atoms with Crippen LogP contribution in [0.1, 0.15) is 48.2 Å². The van der Waals surface area contributed by atoms with Gasteiger partial charge in [-0.05, 0) is 39.5 Å². The van der Waals surface area contributed by atoms with Gasteiger partial charge in [-0.3, -0.25) is 4.99 Å². The highest BCUT2D eigenvalue weighted by Crippen LogP contribution is 2.33. The topological polar surface area (TPSA) is 49.3 Å². The van der Waals surface area contributed by atoms with E-state index in [0.29, 0.717) is 0 Å². The number of nitrogens with zero attached hydrogens (tertiary/aromatic N) is 2. The first-order chi connectivity index (χ1) is 10.2. The van der Waals surface area contributed by atoms with Gasteiger partial charge in [-0.1, -0.05) is 12.8 Å². The van der Waals surface area contributed by atoms with Gasteiger partial charge in [0.25, 0.3) is 0 Å². The van der Waals surface area contributed by atoms with E-state index >= 15 is 0 Å². The highest BCUT2D eigenvalue weighted by molar-refractivity contribution is 14.0. The van der Waals surface area contributed by atoms with E-state index in [9.17, 15) is 0 Å². The standard InChI is InChI=1S/C16H28N4S.HI/c1-4-17-16(18-10-5-6-14-7-8-14)19-11-9-15-20-12(2)13(3)21-15;/h14H,4-11H2,1-3H3,(H2,17,18,19);1H. The minimum Gasteiger partial charge on any atom is -0.357 e. The Labute approximate surface area is 155 Å². The third kappa shape index (κ3) is 7.26. The maximum Gasteiger partial charge on any atom is 0.191 e. The average molecular weight is 436 g/mol. The van der Waals surface area contributed by atoms with Gasteiger partial charge in [-0.15, -0.1) is 35.3 Å². The highest BCUT2D eigenvalue weighted by atomic mass is 127. The van der Waals surface area contributed by atoms with Crippen molar-refractivity contribution in [3.05, 3.63) is 15.6 Å². The largest absolute Gasteiger partial charge is 0.357 e. The van der Waals surface area contributed by atoms with E-state index < -0.39 is 0 Å². The predicted molar refractivity (Wildman–Crippen MR) is 107 cm³/mol. The van der Waals surface area contributed by atoms with Crippen LogP contribution in [0.15, 0.2) is 4.99 Å². The normalized spacial score (nSPS) is 14.6. The summed E-state index contributed by atoms with van der Waals surface area (Å²) in [7, 11) is 0. The number of thiazole rings is 1. The molecule has 1 heterocycles. The van der Waals surface area contributed by atoms with Crippen LogP contribution in [-0.2, 0) is 6.42 Å². The van der Waals surface area contributed by atoms with Gasteiger partial charge < -0.3 is 10.6 Å². The summed E-state index contributed by atoms with van der Waals surface area (Å²) in [6.07, 6.45) is 6.40. The summed E-state index contributed by atoms with van der Waals surface area (Å²) in [6, 6.07) is 0. The second kappa shape index (κ2) is 10.4. The predicted octanol–water partition coefficient (Wildman–Crippen LogP) is 3.67. The van der Waals surface area contributed by atoms with Gasteiger partial charge in [0, 0.05) is 30.9 Å². The minimum atomic E-state index is 0. The Kier molecular flexibility index (Phi) is 9.31. The zero-order valence-electron chi connectivity index (χ0n) is 13.9. The SMILES string of the molecule is CCNC(=NCCCC1CC1)NCCc1nc(C)c(C)s1.I. The number of aromatic nitrogens is 1. The quantitative estimate of drug-likeness (QED) is 0.283. The Balaban J connectivity index is 0.00000242. The van der Waals surface area contributed by atoms with Crippen LogP contribution in [0.4, 0.5) is 0 Å². The average Bonchev–Trinajstić information content (AvgIpc) is 3.21. The van der Waals surface area contributed by atoms with Crippen molar-refractivity contribution >= 4 is 41.3 Å². The van der Waals surface area contributed by atoms with Gasteiger partial charge >= 0.3 is 0 Å². The summed E-state index contributed by atoms with van der Waals surface area (Å²) in [5.41, 5.74) is 1.16. The molecular weight excluding hydrogens is 407 g/mol. The van der Waals surface area contributed by atoms with E-state index in [2.05, 4.69) is 41.4 Å². The maximum absolute atomic E-state index is 4.64. The lowest BCUT2D eigenvalue weighted by Gasteiger charge is -2.10. The molecule has 0 bridgehead atoms.